The summed E-state index contributed by atoms with van der Waals surface area (Å²) in [4.78, 5) is 12.1. The first-order valence-electron chi connectivity index (χ1n) is 9.58. The molecule has 8 heteroatoms. The van der Waals surface area contributed by atoms with E-state index in [0.717, 1.165) is 11.1 Å². The van der Waals surface area contributed by atoms with Gasteiger partial charge >= 0.3 is 0 Å². The number of rotatable bonds is 9. The molecule has 31 heavy (non-hydrogen) atoms. The van der Waals surface area contributed by atoms with Gasteiger partial charge in [0, 0.05) is 12.6 Å². The van der Waals surface area contributed by atoms with E-state index in [4.69, 9.17) is 9.47 Å². The van der Waals surface area contributed by atoms with Gasteiger partial charge in [0.1, 0.15) is 11.5 Å². The lowest BCUT2D eigenvalue weighted by Gasteiger charge is -2.11. The molecule has 1 amide bonds. The van der Waals surface area contributed by atoms with Gasteiger partial charge < -0.3 is 14.8 Å². The number of amides is 1. The summed E-state index contributed by atoms with van der Waals surface area (Å²) in [5.74, 6) is 0.675. The third-order valence-electron chi connectivity index (χ3n) is 4.40. The zero-order valence-corrected chi connectivity index (χ0v) is 18.1. The average Bonchev–Trinajstić information content (AvgIpc) is 2.76. The van der Waals surface area contributed by atoms with E-state index in [-0.39, 0.29) is 17.4 Å². The summed E-state index contributed by atoms with van der Waals surface area (Å²) >= 11 is 0. The number of aryl methyl sites for hydroxylation is 1. The van der Waals surface area contributed by atoms with Crippen molar-refractivity contribution in [2.24, 2.45) is 0 Å². The van der Waals surface area contributed by atoms with Crippen LogP contribution in [-0.2, 0) is 21.4 Å². The van der Waals surface area contributed by atoms with Crippen LogP contribution in [0.4, 0.5) is 5.69 Å². The molecule has 2 N–H and O–H groups in total. The molecule has 0 bridgehead atoms. The van der Waals surface area contributed by atoms with Crippen molar-refractivity contribution in [2.75, 3.05) is 18.4 Å². The van der Waals surface area contributed by atoms with Crippen molar-refractivity contribution in [2.45, 2.75) is 18.4 Å². The largest absolute Gasteiger partial charge is 0.497 e. The van der Waals surface area contributed by atoms with E-state index in [2.05, 4.69) is 10.0 Å². The van der Waals surface area contributed by atoms with E-state index in [1.165, 1.54) is 31.4 Å². The van der Waals surface area contributed by atoms with Crippen LogP contribution >= 0.6 is 0 Å². The van der Waals surface area contributed by atoms with E-state index in [0.29, 0.717) is 23.7 Å². The van der Waals surface area contributed by atoms with Gasteiger partial charge in [-0.3, -0.25) is 9.52 Å². The van der Waals surface area contributed by atoms with E-state index in [1.54, 1.807) is 24.3 Å². The predicted molar refractivity (Wildman–Crippen MR) is 119 cm³/mol. The lowest BCUT2D eigenvalue weighted by molar-refractivity contribution is -0.123. The van der Waals surface area contributed by atoms with Crippen LogP contribution in [0, 0.1) is 6.92 Å². The number of benzene rings is 3. The molecule has 0 atom stereocenters. The minimum absolute atomic E-state index is 0.0755. The molecule has 0 fully saturated rings. The van der Waals surface area contributed by atoms with E-state index in [9.17, 15) is 13.2 Å². The highest BCUT2D eigenvalue weighted by atomic mass is 32.2. The molecule has 0 aliphatic rings. The van der Waals surface area contributed by atoms with E-state index >= 15 is 0 Å². The highest BCUT2D eigenvalue weighted by Crippen LogP contribution is 2.22. The Hall–Kier alpha value is -3.52. The summed E-state index contributed by atoms with van der Waals surface area (Å²) in [7, 11) is -2.26. The van der Waals surface area contributed by atoms with Crippen molar-refractivity contribution in [1.29, 1.82) is 0 Å². The van der Waals surface area contributed by atoms with Gasteiger partial charge in [0.25, 0.3) is 15.9 Å². The molecule has 0 aliphatic carbocycles. The van der Waals surface area contributed by atoms with Gasteiger partial charge in [-0.1, -0.05) is 35.9 Å². The molecule has 0 radical (unpaired) electrons. The Labute approximate surface area is 182 Å². The van der Waals surface area contributed by atoms with Crippen LogP contribution in [0.1, 0.15) is 11.1 Å². The van der Waals surface area contributed by atoms with Crippen LogP contribution in [0.5, 0.6) is 11.5 Å². The second kappa shape index (κ2) is 9.99. The number of hydrogen-bond acceptors (Lipinski definition) is 5. The number of anilines is 1. The number of sulfonamides is 1. The Balaban J connectivity index is 1.53. The molecule has 7 nitrogen and oxygen atoms in total. The third kappa shape index (κ3) is 6.48. The molecule has 162 valence electrons. The fraction of sp³-hybridized carbons (Fsp3) is 0.174. The Morgan fingerprint density at radius 3 is 2.39 bits per heavy atom. The molecule has 0 heterocycles. The highest BCUT2D eigenvalue weighted by Gasteiger charge is 2.15. The maximum atomic E-state index is 12.6. The maximum Gasteiger partial charge on any atom is 0.261 e. The first-order chi connectivity index (χ1) is 14.9. The first-order valence-corrected chi connectivity index (χ1v) is 11.1. The van der Waals surface area contributed by atoms with Gasteiger partial charge in [-0.25, -0.2) is 8.42 Å². The van der Waals surface area contributed by atoms with E-state index < -0.39 is 10.0 Å². The topological polar surface area (TPSA) is 93.7 Å². The smallest absolute Gasteiger partial charge is 0.261 e. The fourth-order valence-electron chi connectivity index (χ4n) is 2.84. The quantitative estimate of drug-likeness (QED) is 0.531. The summed E-state index contributed by atoms with van der Waals surface area (Å²) < 4.78 is 38.2. The molecule has 3 rings (SSSR count). The zero-order chi connectivity index (χ0) is 22.3. The van der Waals surface area contributed by atoms with Gasteiger partial charge in [-0.05, 0) is 48.9 Å². The lowest BCUT2D eigenvalue weighted by Crippen LogP contribution is -2.28. The summed E-state index contributed by atoms with van der Waals surface area (Å²) in [5.41, 5.74) is 2.52. The van der Waals surface area contributed by atoms with Crippen LogP contribution in [0.3, 0.4) is 0 Å². The van der Waals surface area contributed by atoms with Crippen molar-refractivity contribution in [1.82, 2.24) is 5.32 Å². The normalized spacial score (nSPS) is 10.9. The van der Waals surface area contributed by atoms with Crippen molar-refractivity contribution in [3.63, 3.8) is 0 Å². The van der Waals surface area contributed by atoms with Crippen molar-refractivity contribution < 1.29 is 22.7 Å². The Morgan fingerprint density at radius 2 is 1.68 bits per heavy atom. The molecule has 0 unspecified atom stereocenters. The highest BCUT2D eigenvalue weighted by molar-refractivity contribution is 7.92. The van der Waals surface area contributed by atoms with Crippen LogP contribution in [0.25, 0.3) is 0 Å². The number of carbonyl (C=O) groups excluding carboxylic acids is 1. The number of ether oxygens (including phenoxy) is 2. The third-order valence-corrected chi connectivity index (χ3v) is 5.80. The van der Waals surface area contributed by atoms with Crippen LogP contribution < -0.4 is 19.5 Å². The second-order valence-electron chi connectivity index (χ2n) is 6.86. The van der Waals surface area contributed by atoms with Crippen LogP contribution in [0.2, 0.25) is 0 Å². The molecule has 3 aromatic carbocycles. The van der Waals surface area contributed by atoms with Crippen LogP contribution in [-0.4, -0.2) is 28.0 Å². The molecule has 0 spiro atoms. The second-order valence-corrected chi connectivity index (χ2v) is 8.55. The standard InChI is InChI=1S/C23H24N2O5S/c1-17-5-3-6-18(13-17)15-24-23(26)16-30-20-9-11-22(12-10-20)31(27,28)25-19-7-4-8-21(14-19)29-2/h3-14,25H,15-16H2,1-2H3,(H,24,26). The molecule has 0 aliphatic heterocycles. The minimum atomic E-state index is -3.77. The summed E-state index contributed by atoms with van der Waals surface area (Å²) in [6, 6.07) is 20.4. The lowest BCUT2D eigenvalue weighted by atomic mass is 10.1. The van der Waals surface area contributed by atoms with Gasteiger partial charge in [0.15, 0.2) is 6.61 Å². The summed E-state index contributed by atoms with van der Waals surface area (Å²) in [5, 5.41) is 2.79. The zero-order valence-electron chi connectivity index (χ0n) is 17.3. The van der Waals surface area contributed by atoms with Crippen LogP contribution in [0.15, 0.2) is 77.7 Å². The van der Waals surface area contributed by atoms with E-state index in [1.807, 2.05) is 31.2 Å². The average molecular weight is 441 g/mol. The monoisotopic (exact) mass is 440 g/mol. The molecular weight excluding hydrogens is 416 g/mol. The Bertz CT molecular complexity index is 1140. The molecule has 0 saturated heterocycles. The Morgan fingerprint density at radius 1 is 0.935 bits per heavy atom. The minimum Gasteiger partial charge on any atom is -0.497 e. The molecular formula is C23H24N2O5S. The summed E-state index contributed by atoms with van der Waals surface area (Å²) in [6.45, 7) is 2.24. The van der Waals surface area contributed by atoms with Gasteiger partial charge in [0.05, 0.1) is 17.7 Å². The number of nitrogens with one attached hydrogen (secondary N) is 2. The number of methoxy groups -OCH3 is 1. The fourth-order valence-corrected chi connectivity index (χ4v) is 3.89. The summed E-state index contributed by atoms with van der Waals surface area (Å²) in [6.07, 6.45) is 0. The molecule has 0 saturated carbocycles. The Kier molecular flexibility index (Phi) is 7.15. The first kappa shape index (κ1) is 22.2. The number of hydrogen-bond donors (Lipinski definition) is 2. The SMILES string of the molecule is COc1cccc(NS(=O)(=O)c2ccc(OCC(=O)NCc3cccc(C)c3)cc2)c1. The van der Waals surface area contributed by atoms with Crippen molar-refractivity contribution in [3.8, 4) is 11.5 Å². The predicted octanol–water partition coefficient (Wildman–Crippen LogP) is 3.50. The molecule has 3 aromatic rings. The van der Waals surface area contributed by atoms with Gasteiger partial charge in [-0.15, -0.1) is 0 Å². The van der Waals surface area contributed by atoms with Crippen molar-refractivity contribution >= 4 is 21.6 Å². The van der Waals surface area contributed by atoms with Crippen molar-refractivity contribution in [3.05, 3.63) is 83.9 Å². The van der Waals surface area contributed by atoms with Gasteiger partial charge in [0.2, 0.25) is 0 Å². The number of carbonyl (C=O) groups is 1. The van der Waals surface area contributed by atoms with Gasteiger partial charge in [-0.2, -0.15) is 0 Å². The maximum absolute atomic E-state index is 12.6. The molecule has 0 aromatic heterocycles.